The smallest absolute Gasteiger partial charge is 0.270 e. The molecule has 19 heavy (non-hydrogen) atoms. The first-order chi connectivity index (χ1) is 9.29. The molecule has 0 saturated heterocycles. The molecule has 2 aromatic heterocycles. The number of amides is 1. The van der Waals surface area contributed by atoms with Crippen LogP contribution >= 0.6 is 11.3 Å². The van der Waals surface area contributed by atoms with Gasteiger partial charge in [0.05, 0.1) is 18.5 Å². The fourth-order valence-corrected chi connectivity index (χ4v) is 2.06. The van der Waals surface area contributed by atoms with Crippen molar-refractivity contribution in [1.82, 2.24) is 15.3 Å². The Labute approximate surface area is 114 Å². The fraction of sp³-hybridized carbons (Fsp3) is 0.250. The number of carbonyl (C=O) groups excluding carboxylic acids is 1. The van der Waals surface area contributed by atoms with E-state index < -0.39 is 0 Å². The molecular weight excluding hydrogens is 264 g/mol. The lowest BCUT2D eigenvalue weighted by Gasteiger charge is -2.02. The standard InChI is InChI=1S/C12H14N4O2S/c1-18-6-5-14-11(17)10-8-19-12(16-10)15-9-3-2-4-13-7-9/h2-4,7-8H,5-6H2,1H3,(H,14,17)(H,15,16). The van der Waals surface area contributed by atoms with E-state index in [1.54, 1.807) is 24.9 Å². The summed E-state index contributed by atoms with van der Waals surface area (Å²) in [6, 6.07) is 3.71. The first-order valence-electron chi connectivity index (χ1n) is 5.69. The van der Waals surface area contributed by atoms with Crippen molar-refractivity contribution in [2.24, 2.45) is 0 Å². The highest BCUT2D eigenvalue weighted by atomic mass is 32.1. The van der Waals surface area contributed by atoms with E-state index in [-0.39, 0.29) is 5.91 Å². The van der Waals surface area contributed by atoms with Crippen molar-refractivity contribution in [3.8, 4) is 0 Å². The number of anilines is 2. The van der Waals surface area contributed by atoms with Crippen LogP contribution in [0.1, 0.15) is 10.5 Å². The van der Waals surface area contributed by atoms with E-state index in [1.165, 1.54) is 11.3 Å². The summed E-state index contributed by atoms with van der Waals surface area (Å²) in [4.78, 5) is 19.9. The average molecular weight is 278 g/mol. The molecule has 0 fully saturated rings. The zero-order valence-corrected chi connectivity index (χ0v) is 11.2. The Kier molecular flexibility index (Phi) is 4.82. The topological polar surface area (TPSA) is 76.1 Å². The molecule has 100 valence electrons. The van der Waals surface area contributed by atoms with Gasteiger partial charge in [0, 0.05) is 25.2 Å². The molecule has 2 N–H and O–H groups in total. The monoisotopic (exact) mass is 278 g/mol. The van der Waals surface area contributed by atoms with Crippen molar-refractivity contribution in [2.75, 3.05) is 25.6 Å². The lowest BCUT2D eigenvalue weighted by atomic mass is 10.4. The lowest BCUT2D eigenvalue weighted by molar-refractivity contribution is 0.0933. The summed E-state index contributed by atoms with van der Waals surface area (Å²) in [6.45, 7) is 0.953. The Morgan fingerprint density at radius 2 is 2.42 bits per heavy atom. The summed E-state index contributed by atoms with van der Waals surface area (Å²) < 4.78 is 4.86. The van der Waals surface area contributed by atoms with Gasteiger partial charge in [0.15, 0.2) is 5.13 Å². The maximum atomic E-state index is 11.7. The quantitative estimate of drug-likeness (QED) is 0.786. The number of pyridine rings is 1. The number of carbonyl (C=O) groups is 1. The Morgan fingerprint density at radius 1 is 1.53 bits per heavy atom. The fourth-order valence-electron chi connectivity index (χ4n) is 1.35. The van der Waals surface area contributed by atoms with Crippen LogP contribution < -0.4 is 10.6 Å². The van der Waals surface area contributed by atoms with E-state index in [1.807, 2.05) is 12.1 Å². The maximum Gasteiger partial charge on any atom is 0.270 e. The van der Waals surface area contributed by atoms with Crippen LogP contribution in [0.2, 0.25) is 0 Å². The third kappa shape index (κ3) is 4.01. The van der Waals surface area contributed by atoms with E-state index in [2.05, 4.69) is 20.6 Å². The summed E-state index contributed by atoms with van der Waals surface area (Å²) >= 11 is 1.37. The van der Waals surface area contributed by atoms with E-state index in [9.17, 15) is 4.79 Å². The second-order valence-electron chi connectivity index (χ2n) is 3.65. The minimum absolute atomic E-state index is 0.201. The van der Waals surface area contributed by atoms with E-state index in [0.717, 1.165) is 5.69 Å². The molecule has 0 aliphatic carbocycles. The number of hydrogen-bond acceptors (Lipinski definition) is 6. The van der Waals surface area contributed by atoms with Crippen LogP contribution in [0.3, 0.4) is 0 Å². The van der Waals surface area contributed by atoms with Crippen molar-refractivity contribution in [2.45, 2.75) is 0 Å². The van der Waals surface area contributed by atoms with Crippen LogP contribution in [0.15, 0.2) is 29.9 Å². The highest BCUT2D eigenvalue weighted by Crippen LogP contribution is 2.19. The molecule has 2 aromatic rings. The molecule has 0 bridgehead atoms. The zero-order chi connectivity index (χ0) is 13.5. The molecular formula is C12H14N4O2S. The van der Waals surface area contributed by atoms with E-state index >= 15 is 0 Å². The van der Waals surface area contributed by atoms with Gasteiger partial charge in [-0.3, -0.25) is 9.78 Å². The zero-order valence-electron chi connectivity index (χ0n) is 10.4. The molecule has 0 atom stereocenters. The molecule has 0 aliphatic rings. The van der Waals surface area contributed by atoms with Gasteiger partial charge in [-0.25, -0.2) is 4.98 Å². The molecule has 0 spiro atoms. The normalized spacial score (nSPS) is 10.2. The number of methoxy groups -OCH3 is 1. The second kappa shape index (κ2) is 6.81. The van der Waals surface area contributed by atoms with Crippen LogP contribution in [0.5, 0.6) is 0 Å². The summed E-state index contributed by atoms with van der Waals surface area (Å²) in [5.41, 5.74) is 1.23. The number of ether oxygens (including phenoxy) is 1. The number of rotatable bonds is 6. The summed E-state index contributed by atoms with van der Waals surface area (Å²) in [7, 11) is 1.59. The maximum absolute atomic E-state index is 11.7. The van der Waals surface area contributed by atoms with Gasteiger partial charge in [0.25, 0.3) is 5.91 Å². The number of nitrogens with one attached hydrogen (secondary N) is 2. The predicted octanol–water partition coefficient (Wildman–Crippen LogP) is 1.66. The molecule has 0 radical (unpaired) electrons. The number of thiazole rings is 1. The van der Waals surface area contributed by atoms with Crippen LogP contribution in [-0.4, -0.2) is 36.1 Å². The van der Waals surface area contributed by atoms with Crippen LogP contribution in [-0.2, 0) is 4.74 Å². The number of hydrogen-bond donors (Lipinski definition) is 2. The third-order valence-electron chi connectivity index (χ3n) is 2.24. The molecule has 2 rings (SSSR count). The lowest BCUT2D eigenvalue weighted by Crippen LogP contribution is -2.27. The number of nitrogens with zero attached hydrogens (tertiary/aromatic N) is 2. The Bertz CT molecular complexity index is 530. The molecule has 0 aliphatic heterocycles. The Morgan fingerprint density at radius 3 is 3.16 bits per heavy atom. The summed E-state index contributed by atoms with van der Waals surface area (Å²) in [5.74, 6) is -0.201. The summed E-state index contributed by atoms with van der Waals surface area (Å²) in [5, 5.41) is 8.17. The largest absolute Gasteiger partial charge is 0.383 e. The van der Waals surface area contributed by atoms with Crippen LogP contribution in [0.4, 0.5) is 10.8 Å². The molecule has 7 heteroatoms. The highest BCUT2D eigenvalue weighted by Gasteiger charge is 2.10. The molecule has 6 nitrogen and oxygen atoms in total. The van der Waals surface area contributed by atoms with Gasteiger partial charge in [-0.2, -0.15) is 0 Å². The molecule has 1 amide bonds. The number of aromatic nitrogens is 2. The van der Waals surface area contributed by atoms with Gasteiger partial charge in [-0.1, -0.05) is 0 Å². The SMILES string of the molecule is COCCNC(=O)c1csc(Nc2cccnc2)n1. The van der Waals surface area contributed by atoms with E-state index in [4.69, 9.17) is 4.74 Å². The second-order valence-corrected chi connectivity index (χ2v) is 4.51. The van der Waals surface area contributed by atoms with Gasteiger partial charge in [-0.05, 0) is 12.1 Å². The van der Waals surface area contributed by atoms with Gasteiger partial charge < -0.3 is 15.4 Å². The van der Waals surface area contributed by atoms with E-state index in [0.29, 0.717) is 24.0 Å². The van der Waals surface area contributed by atoms with Crippen molar-refractivity contribution >= 4 is 28.1 Å². The Balaban J connectivity index is 1.93. The molecule has 2 heterocycles. The van der Waals surface area contributed by atoms with Gasteiger partial charge in [0.1, 0.15) is 5.69 Å². The van der Waals surface area contributed by atoms with Gasteiger partial charge in [-0.15, -0.1) is 11.3 Å². The van der Waals surface area contributed by atoms with Crippen LogP contribution in [0.25, 0.3) is 0 Å². The van der Waals surface area contributed by atoms with Gasteiger partial charge >= 0.3 is 0 Å². The first kappa shape index (κ1) is 13.4. The van der Waals surface area contributed by atoms with Crippen molar-refractivity contribution in [3.63, 3.8) is 0 Å². The third-order valence-corrected chi connectivity index (χ3v) is 3.00. The van der Waals surface area contributed by atoms with Crippen molar-refractivity contribution in [3.05, 3.63) is 35.6 Å². The highest BCUT2D eigenvalue weighted by molar-refractivity contribution is 7.14. The minimum Gasteiger partial charge on any atom is -0.383 e. The molecule has 0 saturated carbocycles. The molecule has 0 unspecified atom stereocenters. The predicted molar refractivity (Wildman–Crippen MR) is 73.8 cm³/mol. The van der Waals surface area contributed by atoms with Crippen molar-refractivity contribution in [1.29, 1.82) is 0 Å². The van der Waals surface area contributed by atoms with Crippen LogP contribution in [0, 0.1) is 0 Å². The van der Waals surface area contributed by atoms with Crippen molar-refractivity contribution < 1.29 is 9.53 Å². The summed E-state index contributed by atoms with van der Waals surface area (Å²) in [6.07, 6.45) is 3.39. The average Bonchev–Trinajstić information content (AvgIpc) is 2.89. The Hall–Kier alpha value is -1.99. The van der Waals surface area contributed by atoms with Gasteiger partial charge in [0.2, 0.25) is 0 Å². The first-order valence-corrected chi connectivity index (χ1v) is 6.57. The molecule has 0 aromatic carbocycles. The minimum atomic E-state index is -0.201.